The number of urea groups is 1. The van der Waals surface area contributed by atoms with Gasteiger partial charge < -0.3 is 24.8 Å². The van der Waals surface area contributed by atoms with Gasteiger partial charge in [-0.1, -0.05) is 89.9 Å². The lowest BCUT2D eigenvalue weighted by atomic mass is 9.80. The lowest BCUT2D eigenvalue weighted by molar-refractivity contribution is -0.169. The molecule has 1 unspecified atom stereocenters. The number of hydrogen-bond acceptors (Lipinski definition) is 4. The molecular formula is C35H41Cl3N4O3. The number of benzene rings is 3. The largest absolute Gasteiger partial charge is 0.359 e. The zero-order valence-electron chi connectivity index (χ0n) is 25.4. The second-order valence-corrected chi connectivity index (χ2v) is 13.1. The maximum atomic E-state index is 13.3. The van der Waals surface area contributed by atoms with Gasteiger partial charge in [-0.05, 0) is 60.9 Å². The van der Waals surface area contributed by atoms with E-state index < -0.39 is 11.1 Å². The quantitative estimate of drug-likeness (QED) is 0.285. The van der Waals surface area contributed by atoms with Crippen LogP contribution >= 0.6 is 35.6 Å². The molecule has 3 heterocycles. The van der Waals surface area contributed by atoms with Crippen molar-refractivity contribution < 1.29 is 14.3 Å². The molecule has 0 radical (unpaired) electrons. The molecular weight excluding hydrogens is 631 g/mol. The summed E-state index contributed by atoms with van der Waals surface area (Å²) in [5.41, 5.74) is 2.03. The van der Waals surface area contributed by atoms with E-state index in [1.54, 1.807) is 6.07 Å². The Morgan fingerprint density at radius 3 is 2.18 bits per heavy atom. The van der Waals surface area contributed by atoms with Gasteiger partial charge >= 0.3 is 6.03 Å². The van der Waals surface area contributed by atoms with Crippen molar-refractivity contribution >= 4 is 47.5 Å². The zero-order chi connectivity index (χ0) is 30.6. The molecule has 10 heteroatoms. The minimum atomic E-state index is -0.727. The number of morpholine rings is 1. The smallest absolute Gasteiger partial charge is 0.318 e. The molecule has 7 nitrogen and oxygen atoms in total. The number of halogens is 3. The van der Waals surface area contributed by atoms with Crippen LogP contribution in [0.15, 0.2) is 78.9 Å². The second kappa shape index (κ2) is 14.7. The van der Waals surface area contributed by atoms with Gasteiger partial charge in [0.1, 0.15) is 12.2 Å². The topological polar surface area (TPSA) is 65.1 Å². The predicted molar refractivity (Wildman–Crippen MR) is 181 cm³/mol. The highest BCUT2D eigenvalue weighted by molar-refractivity contribution is 6.42. The van der Waals surface area contributed by atoms with Crippen LogP contribution in [0.5, 0.6) is 0 Å². The maximum absolute atomic E-state index is 13.3. The van der Waals surface area contributed by atoms with Crippen molar-refractivity contribution in [3.8, 4) is 0 Å². The number of piperidine rings is 1. The van der Waals surface area contributed by atoms with Gasteiger partial charge in [-0.3, -0.25) is 4.79 Å². The standard InChI is InChI=1S/C35H40Cl2N4O3.ClH/c36-30-14-13-29(23-31(30)37)35(26-41(32(42)25-44-35)24-27-9-3-1-4-10-27)17-22-39-20-15-34(16-21-39,28-11-5-2-6-12-28)38-33(43)40-18-7-8-19-40;/h1-6,9-14,23H,7-8,15-22,24-26H2,(H,38,43);1H. The molecule has 45 heavy (non-hydrogen) atoms. The maximum Gasteiger partial charge on any atom is 0.318 e. The number of nitrogens with zero attached hydrogens (tertiary/aromatic N) is 3. The molecule has 240 valence electrons. The summed E-state index contributed by atoms with van der Waals surface area (Å²) in [5, 5.41) is 4.42. The molecule has 0 bridgehead atoms. The summed E-state index contributed by atoms with van der Waals surface area (Å²) in [5.74, 6) is -0.0242. The molecule has 3 fully saturated rings. The first-order valence-electron chi connectivity index (χ1n) is 15.6. The number of carbonyl (C=O) groups is 2. The van der Waals surface area contributed by atoms with Crippen LogP contribution < -0.4 is 5.32 Å². The molecule has 1 atom stereocenters. The molecule has 3 aromatic rings. The van der Waals surface area contributed by atoms with Crippen LogP contribution in [0.25, 0.3) is 0 Å². The lowest BCUT2D eigenvalue weighted by Crippen LogP contribution is -2.57. The summed E-state index contributed by atoms with van der Waals surface area (Å²) >= 11 is 12.8. The minimum Gasteiger partial charge on any atom is -0.359 e. The molecule has 3 saturated heterocycles. The first-order chi connectivity index (χ1) is 21.4. The molecule has 3 aromatic carbocycles. The van der Waals surface area contributed by atoms with Crippen molar-refractivity contribution in [2.75, 3.05) is 45.9 Å². The molecule has 3 aliphatic heterocycles. The van der Waals surface area contributed by atoms with E-state index >= 15 is 0 Å². The summed E-state index contributed by atoms with van der Waals surface area (Å²) in [6.07, 6.45) is 4.45. The Kier molecular flexibility index (Phi) is 11.0. The Morgan fingerprint density at radius 2 is 1.51 bits per heavy atom. The van der Waals surface area contributed by atoms with Crippen LogP contribution in [0.1, 0.15) is 48.8 Å². The number of amides is 3. The van der Waals surface area contributed by atoms with Crippen molar-refractivity contribution in [1.29, 1.82) is 0 Å². The second-order valence-electron chi connectivity index (χ2n) is 12.3. The highest BCUT2D eigenvalue weighted by Crippen LogP contribution is 2.39. The van der Waals surface area contributed by atoms with E-state index in [2.05, 4.69) is 34.5 Å². The van der Waals surface area contributed by atoms with Crippen LogP contribution in [0.2, 0.25) is 10.0 Å². The van der Waals surface area contributed by atoms with Crippen LogP contribution in [0.4, 0.5) is 4.79 Å². The monoisotopic (exact) mass is 670 g/mol. The summed E-state index contributed by atoms with van der Waals surface area (Å²) in [4.78, 5) is 32.6. The normalized spacial score (nSPS) is 21.8. The number of ether oxygens (including phenoxy) is 1. The Balaban J connectivity index is 0.00000400. The number of likely N-dealkylation sites (tertiary alicyclic amines) is 2. The van der Waals surface area contributed by atoms with Gasteiger partial charge in [-0.15, -0.1) is 12.4 Å². The van der Waals surface area contributed by atoms with Gasteiger partial charge in [0.2, 0.25) is 5.91 Å². The van der Waals surface area contributed by atoms with E-state index in [1.165, 1.54) is 0 Å². The fourth-order valence-electron chi connectivity index (χ4n) is 6.87. The van der Waals surface area contributed by atoms with Gasteiger partial charge in [-0.25, -0.2) is 4.79 Å². The predicted octanol–water partition coefficient (Wildman–Crippen LogP) is 6.86. The number of carbonyl (C=O) groups excluding carboxylic acids is 2. The Labute approximate surface area is 282 Å². The summed E-state index contributed by atoms with van der Waals surface area (Å²) < 4.78 is 6.46. The van der Waals surface area contributed by atoms with Crippen molar-refractivity contribution in [1.82, 2.24) is 20.0 Å². The Bertz CT molecular complexity index is 1450. The molecule has 6 rings (SSSR count). The number of rotatable bonds is 8. The van der Waals surface area contributed by atoms with Crippen LogP contribution in [0.3, 0.4) is 0 Å². The van der Waals surface area contributed by atoms with E-state index in [1.807, 2.05) is 58.3 Å². The molecule has 0 aromatic heterocycles. The molecule has 0 aliphatic carbocycles. The summed E-state index contributed by atoms with van der Waals surface area (Å²) in [7, 11) is 0. The fourth-order valence-corrected chi connectivity index (χ4v) is 7.17. The van der Waals surface area contributed by atoms with Gasteiger partial charge in [0.25, 0.3) is 0 Å². The highest BCUT2D eigenvalue weighted by atomic mass is 35.5. The van der Waals surface area contributed by atoms with Crippen molar-refractivity contribution in [3.05, 3.63) is 106 Å². The molecule has 1 N–H and O–H groups in total. The van der Waals surface area contributed by atoms with E-state index in [9.17, 15) is 9.59 Å². The van der Waals surface area contributed by atoms with Crippen LogP contribution in [-0.4, -0.2) is 72.5 Å². The first-order valence-corrected chi connectivity index (χ1v) is 16.4. The third-order valence-electron chi connectivity index (χ3n) is 9.54. The SMILES string of the molecule is Cl.O=C1COC(CCN2CCC(NC(=O)N3CCCC3)(c3ccccc3)CC2)(c2ccc(Cl)c(Cl)c2)CN1Cc1ccccc1. The average molecular weight is 672 g/mol. The van der Waals surface area contributed by atoms with Gasteiger partial charge in [0.15, 0.2) is 0 Å². The Morgan fingerprint density at radius 1 is 0.844 bits per heavy atom. The van der Waals surface area contributed by atoms with E-state index in [0.29, 0.717) is 29.6 Å². The average Bonchev–Trinajstić information content (AvgIpc) is 3.60. The number of nitrogens with one attached hydrogen (secondary N) is 1. The molecule has 0 saturated carbocycles. The number of hydrogen-bond donors (Lipinski definition) is 1. The van der Waals surface area contributed by atoms with Crippen LogP contribution in [0, 0.1) is 0 Å². The van der Waals surface area contributed by atoms with Crippen molar-refractivity contribution in [3.63, 3.8) is 0 Å². The van der Waals surface area contributed by atoms with E-state index in [-0.39, 0.29) is 31.0 Å². The van der Waals surface area contributed by atoms with Crippen molar-refractivity contribution in [2.45, 2.75) is 49.8 Å². The van der Waals surface area contributed by atoms with E-state index in [0.717, 1.165) is 75.1 Å². The first kappa shape index (κ1) is 33.6. The minimum absolute atomic E-state index is 0. The molecule has 0 spiro atoms. The lowest BCUT2D eigenvalue weighted by Gasteiger charge is -2.46. The van der Waals surface area contributed by atoms with Gasteiger partial charge in [0.05, 0.1) is 22.1 Å². The van der Waals surface area contributed by atoms with Crippen LogP contribution in [-0.2, 0) is 27.2 Å². The summed E-state index contributed by atoms with van der Waals surface area (Å²) in [6.45, 7) is 5.04. The van der Waals surface area contributed by atoms with Gasteiger partial charge in [0, 0.05) is 39.3 Å². The summed E-state index contributed by atoms with van der Waals surface area (Å²) in [6, 6.07) is 26.1. The highest BCUT2D eigenvalue weighted by Gasteiger charge is 2.43. The third-order valence-corrected chi connectivity index (χ3v) is 10.3. The van der Waals surface area contributed by atoms with Crippen molar-refractivity contribution in [2.24, 2.45) is 0 Å². The van der Waals surface area contributed by atoms with E-state index in [4.69, 9.17) is 27.9 Å². The fraction of sp³-hybridized carbons (Fsp3) is 0.429. The third kappa shape index (κ3) is 7.61. The zero-order valence-corrected chi connectivity index (χ0v) is 27.8. The Hall–Kier alpha value is -2.81. The molecule has 3 aliphatic rings. The van der Waals surface area contributed by atoms with Gasteiger partial charge in [-0.2, -0.15) is 0 Å². The molecule has 3 amide bonds.